The minimum absolute atomic E-state index is 0.0263. The first-order chi connectivity index (χ1) is 19.5. The van der Waals surface area contributed by atoms with Gasteiger partial charge in [0.2, 0.25) is 0 Å². The number of hydrogen-bond acceptors (Lipinski definition) is 8. The number of fused-ring (bicyclic) bond motifs is 2. The summed E-state index contributed by atoms with van der Waals surface area (Å²) in [5, 5.41) is 13.1. The van der Waals surface area contributed by atoms with E-state index in [1.165, 1.54) is 0 Å². The first kappa shape index (κ1) is 25.5. The van der Waals surface area contributed by atoms with Gasteiger partial charge in [-0.1, -0.05) is 24.3 Å². The van der Waals surface area contributed by atoms with Crippen molar-refractivity contribution >= 4 is 16.7 Å². The molecule has 3 saturated heterocycles. The Morgan fingerprint density at radius 2 is 2.05 bits per heavy atom. The molecule has 4 aliphatic rings. The van der Waals surface area contributed by atoms with Crippen LogP contribution in [0.1, 0.15) is 50.0 Å². The summed E-state index contributed by atoms with van der Waals surface area (Å²) in [6.07, 6.45) is 5.66. The maximum absolute atomic E-state index is 16.4. The number of alkyl halides is 1. The van der Waals surface area contributed by atoms with Crippen molar-refractivity contribution in [3.8, 4) is 23.3 Å². The zero-order chi connectivity index (χ0) is 27.3. The van der Waals surface area contributed by atoms with Crippen molar-refractivity contribution in [2.75, 3.05) is 44.2 Å². The highest BCUT2D eigenvalue weighted by molar-refractivity contribution is 5.92. The summed E-state index contributed by atoms with van der Waals surface area (Å²) in [7, 11) is 0. The third-order valence-corrected chi connectivity index (χ3v) is 9.00. The number of ether oxygens (including phenoxy) is 1. The van der Waals surface area contributed by atoms with Gasteiger partial charge >= 0.3 is 6.01 Å². The number of rotatable bonds is 7. The van der Waals surface area contributed by atoms with Crippen LogP contribution in [0, 0.1) is 17.1 Å². The average Bonchev–Trinajstić information content (AvgIpc) is 3.67. The van der Waals surface area contributed by atoms with Crippen molar-refractivity contribution in [3.63, 3.8) is 0 Å². The predicted octanol–water partition coefficient (Wildman–Crippen LogP) is 4.36. The van der Waals surface area contributed by atoms with E-state index in [9.17, 15) is 9.65 Å². The molecule has 0 radical (unpaired) electrons. The lowest BCUT2D eigenvalue weighted by molar-refractivity contribution is 0.107. The largest absolute Gasteiger partial charge is 0.461 e. The van der Waals surface area contributed by atoms with Crippen LogP contribution in [0.5, 0.6) is 6.01 Å². The highest BCUT2D eigenvalue weighted by Crippen LogP contribution is 2.45. The Morgan fingerprint density at radius 3 is 2.90 bits per heavy atom. The molecular weight excluding hydrogens is 512 g/mol. The molecule has 3 atom stereocenters. The summed E-state index contributed by atoms with van der Waals surface area (Å²) in [4.78, 5) is 18.2. The zero-order valence-electron chi connectivity index (χ0n) is 22.5. The van der Waals surface area contributed by atoms with Gasteiger partial charge in [-0.05, 0) is 43.7 Å². The number of nitrogens with one attached hydrogen (secondary N) is 1. The first-order valence-corrected chi connectivity index (χ1v) is 14.4. The Balaban J connectivity index is 1.30. The molecule has 1 saturated carbocycles. The second kappa shape index (κ2) is 10.2. The quantitative estimate of drug-likeness (QED) is 0.469. The van der Waals surface area contributed by atoms with Crippen LogP contribution in [0.2, 0.25) is 0 Å². The van der Waals surface area contributed by atoms with Crippen molar-refractivity contribution in [1.82, 2.24) is 25.2 Å². The fourth-order valence-corrected chi connectivity index (χ4v) is 6.89. The number of benzene rings is 1. The van der Waals surface area contributed by atoms with E-state index in [1.54, 1.807) is 6.20 Å². The molecular formula is C30H33F2N7O. The molecule has 208 valence electrons. The van der Waals surface area contributed by atoms with Gasteiger partial charge in [-0.3, -0.25) is 9.88 Å². The molecule has 8 nitrogen and oxygen atoms in total. The second-order valence-electron chi connectivity index (χ2n) is 11.7. The molecule has 3 aliphatic heterocycles. The van der Waals surface area contributed by atoms with E-state index in [1.807, 2.05) is 18.2 Å². The number of piperazine rings is 1. The molecule has 5 heterocycles. The normalized spacial score (nSPS) is 26.7. The maximum atomic E-state index is 16.4. The van der Waals surface area contributed by atoms with Crippen LogP contribution in [0.3, 0.4) is 0 Å². The fourth-order valence-electron chi connectivity index (χ4n) is 6.89. The van der Waals surface area contributed by atoms with Crippen molar-refractivity contribution in [3.05, 3.63) is 41.8 Å². The van der Waals surface area contributed by atoms with E-state index in [0.717, 1.165) is 43.4 Å². The molecule has 0 bridgehead atoms. The molecule has 0 spiro atoms. The molecule has 40 heavy (non-hydrogen) atoms. The molecule has 0 unspecified atom stereocenters. The van der Waals surface area contributed by atoms with Crippen LogP contribution in [0.15, 0.2) is 30.5 Å². The van der Waals surface area contributed by atoms with E-state index >= 15 is 4.39 Å². The van der Waals surface area contributed by atoms with Crippen LogP contribution in [-0.2, 0) is 0 Å². The summed E-state index contributed by atoms with van der Waals surface area (Å²) in [5.41, 5.74) is 1.99. The number of nitrogens with zero attached hydrogens (tertiary/aromatic N) is 6. The summed E-state index contributed by atoms with van der Waals surface area (Å²) in [6, 6.07) is 10.2. The van der Waals surface area contributed by atoms with Crippen molar-refractivity contribution in [2.24, 2.45) is 0 Å². The Bertz CT molecular complexity index is 1470. The van der Waals surface area contributed by atoms with Gasteiger partial charge in [0.05, 0.1) is 23.4 Å². The summed E-state index contributed by atoms with van der Waals surface area (Å²) in [5.74, 6) is 0.492. The average molecular weight is 546 g/mol. The lowest BCUT2D eigenvalue weighted by Gasteiger charge is -2.34. The second-order valence-corrected chi connectivity index (χ2v) is 11.7. The predicted molar refractivity (Wildman–Crippen MR) is 147 cm³/mol. The standard InChI is InChI=1S/C30H33F2N7O/c31-20-14-30(9-3-12-39(30)16-20)18-40-29-36-27-24(28(37-29)38-13-11-34-21(17-38)8-10-33)15-35-26(25(27)32)23-5-2-1-4-22(23)19-6-7-19/h1-2,4-5,15,19-21,34H,3,6-9,11-14,16-18H2/t20-,21+,30+/m1/s1. The zero-order valence-corrected chi connectivity index (χ0v) is 22.5. The highest BCUT2D eigenvalue weighted by Gasteiger charge is 2.49. The van der Waals surface area contributed by atoms with Gasteiger partial charge in [-0.2, -0.15) is 15.2 Å². The molecule has 4 fully saturated rings. The minimum Gasteiger partial charge on any atom is -0.461 e. The van der Waals surface area contributed by atoms with Crippen molar-refractivity contribution in [1.29, 1.82) is 5.26 Å². The van der Waals surface area contributed by atoms with Crippen LogP contribution in [0.25, 0.3) is 22.2 Å². The van der Waals surface area contributed by atoms with E-state index in [4.69, 9.17) is 9.72 Å². The lowest BCUT2D eigenvalue weighted by Crippen LogP contribution is -2.51. The molecule has 7 rings (SSSR count). The molecule has 1 aromatic carbocycles. The van der Waals surface area contributed by atoms with Gasteiger partial charge in [0.1, 0.15) is 29.8 Å². The van der Waals surface area contributed by atoms with Crippen molar-refractivity contribution in [2.45, 2.75) is 62.2 Å². The van der Waals surface area contributed by atoms with Gasteiger partial charge in [0.15, 0.2) is 5.82 Å². The number of pyridine rings is 1. The molecule has 1 aliphatic carbocycles. The first-order valence-electron chi connectivity index (χ1n) is 14.4. The van der Waals surface area contributed by atoms with Crippen LogP contribution in [0.4, 0.5) is 14.6 Å². The summed E-state index contributed by atoms with van der Waals surface area (Å²) >= 11 is 0. The molecule has 0 amide bonds. The maximum Gasteiger partial charge on any atom is 0.319 e. The number of anilines is 1. The Kier molecular flexibility index (Phi) is 6.51. The van der Waals surface area contributed by atoms with Crippen LogP contribution >= 0.6 is 0 Å². The van der Waals surface area contributed by atoms with Gasteiger partial charge in [0, 0.05) is 50.4 Å². The number of hydrogen-bond donors (Lipinski definition) is 1. The highest BCUT2D eigenvalue weighted by atomic mass is 19.1. The van der Waals surface area contributed by atoms with Gasteiger partial charge < -0.3 is 15.0 Å². The van der Waals surface area contributed by atoms with Gasteiger partial charge in [0.25, 0.3) is 0 Å². The fraction of sp³-hybridized carbons (Fsp3) is 0.533. The van der Waals surface area contributed by atoms with E-state index < -0.39 is 12.0 Å². The van der Waals surface area contributed by atoms with Crippen molar-refractivity contribution < 1.29 is 13.5 Å². The Morgan fingerprint density at radius 1 is 1.18 bits per heavy atom. The number of halogens is 2. The number of nitriles is 1. The molecule has 2 aromatic heterocycles. The smallest absolute Gasteiger partial charge is 0.319 e. The van der Waals surface area contributed by atoms with Gasteiger partial charge in [-0.25, -0.2) is 8.78 Å². The molecule has 10 heteroatoms. The minimum atomic E-state index is -0.868. The summed E-state index contributed by atoms with van der Waals surface area (Å²) in [6.45, 7) is 3.42. The summed E-state index contributed by atoms with van der Waals surface area (Å²) < 4.78 is 37.0. The monoisotopic (exact) mass is 545 g/mol. The molecule has 1 N–H and O–H groups in total. The third-order valence-electron chi connectivity index (χ3n) is 9.00. The Hall–Kier alpha value is -3.42. The number of aromatic nitrogens is 3. The van der Waals surface area contributed by atoms with Gasteiger partial charge in [-0.15, -0.1) is 0 Å². The SMILES string of the molecule is N#CC[C@H]1CN(c2nc(OC[C@@]34CCCN3C[C@H](F)C4)nc3c(F)c(-c4ccccc4C4CC4)ncc23)CCN1. The topological polar surface area (TPSA) is 90.2 Å². The van der Waals surface area contributed by atoms with E-state index in [-0.39, 0.29) is 35.4 Å². The van der Waals surface area contributed by atoms with Crippen LogP contribution in [-0.4, -0.2) is 76.9 Å². The molecule has 3 aromatic rings. The Labute approximate surface area is 232 Å². The van der Waals surface area contributed by atoms with E-state index in [0.29, 0.717) is 56.1 Å². The lowest BCUT2D eigenvalue weighted by atomic mass is 9.95. The van der Waals surface area contributed by atoms with E-state index in [2.05, 4.69) is 37.2 Å². The van der Waals surface area contributed by atoms with Crippen LogP contribution < -0.4 is 15.0 Å². The third kappa shape index (κ3) is 4.55.